The maximum absolute atomic E-state index is 12.2. The first-order valence-electron chi connectivity index (χ1n) is 5.86. The summed E-state index contributed by atoms with van der Waals surface area (Å²) < 4.78 is 28.8. The number of para-hydroxylation sites is 2. The van der Waals surface area contributed by atoms with E-state index in [4.69, 9.17) is 0 Å². The molecule has 6 nitrogen and oxygen atoms in total. The van der Waals surface area contributed by atoms with Gasteiger partial charge in [-0.05, 0) is 12.1 Å². The smallest absolute Gasteiger partial charge is 0.387 e. The van der Waals surface area contributed by atoms with E-state index in [9.17, 15) is 13.6 Å². The Kier molecular flexibility index (Phi) is 4.24. The number of rotatable bonds is 5. The lowest BCUT2D eigenvalue weighted by Gasteiger charge is -2.10. The first kappa shape index (κ1) is 13.9. The molecule has 0 saturated heterocycles. The van der Waals surface area contributed by atoms with Gasteiger partial charge in [0.15, 0.2) is 0 Å². The molecule has 106 valence electrons. The highest BCUT2D eigenvalue weighted by molar-refractivity contribution is 6.02. The van der Waals surface area contributed by atoms with Crippen LogP contribution in [-0.2, 0) is 6.42 Å². The van der Waals surface area contributed by atoms with E-state index >= 15 is 0 Å². The Labute approximate surface area is 113 Å². The molecular formula is C12H12F2N4O2. The van der Waals surface area contributed by atoms with Crippen molar-refractivity contribution in [2.24, 2.45) is 0 Å². The van der Waals surface area contributed by atoms with Gasteiger partial charge in [0.2, 0.25) is 5.82 Å². The number of aromatic amines is 1. The van der Waals surface area contributed by atoms with Crippen LogP contribution < -0.4 is 10.1 Å². The maximum atomic E-state index is 12.2. The number of H-pyrrole nitrogens is 1. The summed E-state index contributed by atoms with van der Waals surface area (Å²) in [6, 6.07) is 5.89. The number of nitrogens with one attached hydrogen (secondary N) is 2. The van der Waals surface area contributed by atoms with Gasteiger partial charge in [0, 0.05) is 6.42 Å². The van der Waals surface area contributed by atoms with Crippen molar-refractivity contribution >= 4 is 11.6 Å². The first-order chi connectivity index (χ1) is 9.60. The fourth-order valence-electron chi connectivity index (χ4n) is 1.50. The summed E-state index contributed by atoms with van der Waals surface area (Å²) in [6.45, 7) is -1.11. The maximum Gasteiger partial charge on any atom is 0.387 e. The van der Waals surface area contributed by atoms with E-state index in [0.717, 1.165) is 0 Å². The number of aromatic nitrogens is 3. The number of hydrogen-bond donors (Lipinski definition) is 2. The average Bonchev–Trinajstić information content (AvgIpc) is 2.89. The minimum Gasteiger partial charge on any atom is -0.433 e. The summed E-state index contributed by atoms with van der Waals surface area (Å²) in [6.07, 6.45) is 0.603. The number of benzene rings is 1. The number of anilines is 1. The van der Waals surface area contributed by atoms with Crippen molar-refractivity contribution < 1.29 is 18.3 Å². The van der Waals surface area contributed by atoms with Crippen LogP contribution in [0.15, 0.2) is 24.3 Å². The van der Waals surface area contributed by atoms with Gasteiger partial charge in [0.1, 0.15) is 11.6 Å². The molecule has 0 unspecified atom stereocenters. The lowest BCUT2D eigenvalue weighted by atomic mass is 10.3. The Bertz CT molecular complexity index is 601. The minimum absolute atomic E-state index is 0.0614. The largest absolute Gasteiger partial charge is 0.433 e. The molecule has 8 heteroatoms. The van der Waals surface area contributed by atoms with Crippen LogP contribution in [0.25, 0.3) is 0 Å². The number of aryl methyl sites for hydroxylation is 1. The second-order valence-corrected chi connectivity index (χ2v) is 3.79. The third-order valence-corrected chi connectivity index (χ3v) is 2.42. The number of amides is 1. The van der Waals surface area contributed by atoms with Gasteiger partial charge in [-0.15, -0.1) is 5.10 Å². The Morgan fingerprint density at radius 1 is 1.45 bits per heavy atom. The number of carbonyl (C=O) groups is 1. The summed E-state index contributed by atoms with van der Waals surface area (Å²) >= 11 is 0. The van der Waals surface area contributed by atoms with Crippen molar-refractivity contribution in [2.75, 3.05) is 5.32 Å². The van der Waals surface area contributed by atoms with E-state index in [0.29, 0.717) is 12.2 Å². The van der Waals surface area contributed by atoms with Gasteiger partial charge in [-0.1, -0.05) is 19.1 Å². The van der Waals surface area contributed by atoms with Crippen LogP contribution in [0.4, 0.5) is 14.5 Å². The molecule has 20 heavy (non-hydrogen) atoms. The van der Waals surface area contributed by atoms with Crippen LogP contribution in [-0.4, -0.2) is 27.7 Å². The minimum atomic E-state index is -2.97. The van der Waals surface area contributed by atoms with Crippen molar-refractivity contribution in [3.63, 3.8) is 0 Å². The van der Waals surface area contributed by atoms with E-state index in [1.165, 1.54) is 18.2 Å². The number of hydrogen-bond acceptors (Lipinski definition) is 4. The third-order valence-electron chi connectivity index (χ3n) is 2.42. The standard InChI is InChI=1S/C12H12F2N4O2/c1-2-9-16-10(18-17-9)11(19)15-7-5-3-4-6-8(7)20-12(13)14/h3-6,12H,2H2,1H3,(H,15,19)(H,16,17,18). The van der Waals surface area contributed by atoms with Gasteiger partial charge >= 0.3 is 6.61 Å². The van der Waals surface area contributed by atoms with E-state index < -0.39 is 12.5 Å². The van der Waals surface area contributed by atoms with E-state index in [-0.39, 0.29) is 17.3 Å². The molecule has 1 heterocycles. The van der Waals surface area contributed by atoms with Crippen molar-refractivity contribution in [1.29, 1.82) is 0 Å². The monoisotopic (exact) mass is 282 g/mol. The Balaban J connectivity index is 2.15. The summed E-state index contributed by atoms with van der Waals surface area (Å²) in [7, 11) is 0. The highest BCUT2D eigenvalue weighted by Crippen LogP contribution is 2.25. The zero-order chi connectivity index (χ0) is 14.5. The number of carbonyl (C=O) groups excluding carboxylic acids is 1. The summed E-state index contributed by atoms with van der Waals surface area (Å²) in [5, 5.41) is 8.76. The molecule has 2 N–H and O–H groups in total. The molecule has 0 spiro atoms. The SMILES string of the molecule is CCc1nc(C(=O)Nc2ccccc2OC(F)F)n[nH]1. The molecule has 0 aliphatic rings. The molecule has 0 saturated carbocycles. The molecule has 1 amide bonds. The number of halogens is 2. The highest BCUT2D eigenvalue weighted by atomic mass is 19.3. The predicted molar refractivity (Wildman–Crippen MR) is 66.8 cm³/mol. The fraction of sp³-hybridized carbons (Fsp3) is 0.250. The quantitative estimate of drug-likeness (QED) is 0.881. The fourth-order valence-corrected chi connectivity index (χ4v) is 1.50. The zero-order valence-corrected chi connectivity index (χ0v) is 10.6. The Morgan fingerprint density at radius 2 is 2.20 bits per heavy atom. The first-order valence-corrected chi connectivity index (χ1v) is 5.86. The molecule has 0 aliphatic heterocycles. The van der Waals surface area contributed by atoms with Crippen LogP contribution in [0.2, 0.25) is 0 Å². The van der Waals surface area contributed by atoms with Gasteiger partial charge in [0.25, 0.3) is 5.91 Å². The molecular weight excluding hydrogens is 270 g/mol. The Hall–Kier alpha value is -2.51. The van der Waals surface area contributed by atoms with Crippen LogP contribution in [0.1, 0.15) is 23.4 Å². The normalized spacial score (nSPS) is 10.6. The average molecular weight is 282 g/mol. The lowest BCUT2D eigenvalue weighted by Crippen LogP contribution is -2.15. The van der Waals surface area contributed by atoms with Gasteiger partial charge in [-0.25, -0.2) is 4.98 Å². The van der Waals surface area contributed by atoms with Gasteiger partial charge in [-0.3, -0.25) is 9.89 Å². The molecule has 0 aliphatic carbocycles. The van der Waals surface area contributed by atoms with Crippen LogP contribution in [0.5, 0.6) is 5.75 Å². The number of alkyl halides is 2. The second-order valence-electron chi connectivity index (χ2n) is 3.79. The number of nitrogens with zero attached hydrogens (tertiary/aromatic N) is 2. The second kappa shape index (κ2) is 6.09. The van der Waals surface area contributed by atoms with Gasteiger partial charge in [-0.2, -0.15) is 8.78 Å². The summed E-state index contributed by atoms with van der Waals surface area (Å²) in [5.74, 6) is -0.227. The van der Waals surface area contributed by atoms with Crippen LogP contribution >= 0.6 is 0 Å². The molecule has 1 aromatic heterocycles. The summed E-state index contributed by atoms with van der Waals surface area (Å²) in [5.41, 5.74) is 0.126. The van der Waals surface area contributed by atoms with Crippen molar-refractivity contribution in [2.45, 2.75) is 20.0 Å². The van der Waals surface area contributed by atoms with Gasteiger partial charge < -0.3 is 10.1 Å². The summed E-state index contributed by atoms with van der Waals surface area (Å²) in [4.78, 5) is 15.8. The molecule has 0 radical (unpaired) electrons. The van der Waals surface area contributed by atoms with Crippen molar-refractivity contribution in [3.05, 3.63) is 35.9 Å². The topological polar surface area (TPSA) is 79.9 Å². The van der Waals surface area contributed by atoms with E-state index in [2.05, 4.69) is 25.2 Å². The van der Waals surface area contributed by atoms with Crippen molar-refractivity contribution in [3.8, 4) is 5.75 Å². The lowest BCUT2D eigenvalue weighted by molar-refractivity contribution is -0.0493. The molecule has 1 aromatic carbocycles. The van der Waals surface area contributed by atoms with E-state index in [1.807, 2.05) is 6.92 Å². The zero-order valence-electron chi connectivity index (χ0n) is 10.6. The molecule has 2 rings (SSSR count). The van der Waals surface area contributed by atoms with Gasteiger partial charge in [0.05, 0.1) is 5.69 Å². The molecule has 0 bridgehead atoms. The predicted octanol–water partition coefficient (Wildman–Crippen LogP) is 2.22. The molecule has 0 fully saturated rings. The highest BCUT2D eigenvalue weighted by Gasteiger charge is 2.15. The van der Waals surface area contributed by atoms with E-state index in [1.54, 1.807) is 6.07 Å². The molecule has 2 aromatic rings. The van der Waals surface area contributed by atoms with Crippen LogP contribution in [0.3, 0.4) is 0 Å². The van der Waals surface area contributed by atoms with Crippen LogP contribution in [0, 0.1) is 0 Å². The third kappa shape index (κ3) is 3.28. The Morgan fingerprint density at radius 3 is 2.85 bits per heavy atom. The number of ether oxygens (including phenoxy) is 1. The van der Waals surface area contributed by atoms with Crippen molar-refractivity contribution in [1.82, 2.24) is 15.2 Å². The molecule has 0 atom stereocenters.